The Kier molecular flexibility index (Phi) is 7.18. The molecule has 17 heavy (non-hydrogen) atoms. The third-order valence-electron chi connectivity index (χ3n) is 2.36. The van der Waals surface area contributed by atoms with Crippen LogP contribution in [0.2, 0.25) is 0 Å². The largest absolute Gasteiger partial charge is 0.406 e. The van der Waals surface area contributed by atoms with Gasteiger partial charge in [-0.05, 0) is 12.8 Å². The van der Waals surface area contributed by atoms with E-state index in [1.807, 2.05) is 6.92 Å². The lowest BCUT2D eigenvalue weighted by molar-refractivity contribution is -0.162. The van der Waals surface area contributed by atoms with Gasteiger partial charge < -0.3 is 10.6 Å². The minimum absolute atomic E-state index is 0.0954. The Morgan fingerprint density at radius 3 is 2.29 bits per heavy atom. The highest BCUT2D eigenvalue weighted by atomic mass is 19.4. The number of carbonyl (C=O) groups excluding carboxylic acids is 1. The zero-order valence-electron chi connectivity index (χ0n) is 10.4. The SMILES string of the molecule is CCCCC(N)C(=O)N(CCC)CC(F)(F)F. The van der Waals surface area contributed by atoms with Crippen molar-refractivity contribution in [3.05, 3.63) is 0 Å². The van der Waals surface area contributed by atoms with E-state index in [0.717, 1.165) is 17.7 Å². The Hall–Kier alpha value is -0.780. The topological polar surface area (TPSA) is 46.3 Å². The van der Waals surface area contributed by atoms with Crippen LogP contribution in [-0.4, -0.2) is 36.1 Å². The Labute approximate surface area is 100 Å². The first kappa shape index (κ1) is 16.2. The molecule has 0 heterocycles. The summed E-state index contributed by atoms with van der Waals surface area (Å²) in [6, 6.07) is -0.816. The summed E-state index contributed by atoms with van der Waals surface area (Å²) in [4.78, 5) is 12.5. The zero-order valence-corrected chi connectivity index (χ0v) is 10.4. The number of hydrogen-bond acceptors (Lipinski definition) is 2. The molecule has 0 aromatic rings. The van der Waals surface area contributed by atoms with Gasteiger partial charge in [-0.1, -0.05) is 26.7 Å². The molecule has 0 bridgehead atoms. The van der Waals surface area contributed by atoms with E-state index in [1.54, 1.807) is 6.92 Å². The summed E-state index contributed by atoms with van der Waals surface area (Å²) in [5.41, 5.74) is 5.59. The molecule has 0 radical (unpaired) electrons. The van der Waals surface area contributed by atoms with Gasteiger partial charge in [0.15, 0.2) is 0 Å². The van der Waals surface area contributed by atoms with Gasteiger partial charge >= 0.3 is 6.18 Å². The van der Waals surface area contributed by atoms with Crippen molar-refractivity contribution in [2.24, 2.45) is 5.73 Å². The maximum Gasteiger partial charge on any atom is 0.406 e. The molecule has 0 spiro atoms. The number of alkyl halides is 3. The van der Waals surface area contributed by atoms with Crippen molar-refractivity contribution < 1.29 is 18.0 Å². The maximum atomic E-state index is 12.3. The first-order valence-electron chi connectivity index (χ1n) is 5.93. The quantitative estimate of drug-likeness (QED) is 0.757. The van der Waals surface area contributed by atoms with Crippen LogP contribution in [0, 0.1) is 0 Å². The van der Waals surface area contributed by atoms with E-state index in [4.69, 9.17) is 5.73 Å². The Morgan fingerprint density at radius 1 is 1.29 bits per heavy atom. The lowest BCUT2D eigenvalue weighted by atomic mass is 10.1. The summed E-state index contributed by atoms with van der Waals surface area (Å²) in [6.45, 7) is 2.56. The molecule has 0 rings (SSSR count). The van der Waals surface area contributed by atoms with E-state index in [0.29, 0.717) is 12.8 Å². The second-order valence-corrected chi connectivity index (χ2v) is 4.12. The first-order valence-corrected chi connectivity index (χ1v) is 5.93. The van der Waals surface area contributed by atoms with E-state index in [9.17, 15) is 18.0 Å². The molecule has 0 saturated carbocycles. The van der Waals surface area contributed by atoms with E-state index < -0.39 is 24.7 Å². The predicted molar refractivity (Wildman–Crippen MR) is 60.4 cm³/mol. The molecule has 0 fully saturated rings. The van der Waals surface area contributed by atoms with Crippen molar-refractivity contribution in [1.82, 2.24) is 4.90 Å². The lowest BCUT2D eigenvalue weighted by Gasteiger charge is -2.26. The number of carbonyl (C=O) groups is 1. The van der Waals surface area contributed by atoms with Gasteiger partial charge in [0, 0.05) is 6.54 Å². The van der Waals surface area contributed by atoms with E-state index in [1.165, 1.54) is 0 Å². The highest BCUT2D eigenvalue weighted by Gasteiger charge is 2.33. The average Bonchev–Trinajstić information content (AvgIpc) is 2.22. The highest BCUT2D eigenvalue weighted by molar-refractivity contribution is 5.81. The van der Waals surface area contributed by atoms with Crippen LogP contribution in [0.3, 0.4) is 0 Å². The fraction of sp³-hybridized carbons (Fsp3) is 0.909. The molecular weight excluding hydrogens is 233 g/mol. The Bertz CT molecular complexity index is 231. The van der Waals surface area contributed by atoms with E-state index >= 15 is 0 Å². The van der Waals surface area contributed by atoms with Crippen LogP contribution in [0.25, 0.3) is 0 Å². The molecule has 3 nitrogen and oxygen atoms in total. The van der Waals surface area contributed by atoms with Crippen LogP contribution in [0.4, 0.5) is 13.2 Å². The maximum absolute atomic E-state index is 12.3. The average molecular weight is 254 g/mol. The van der Waals surface area contributed by atoms with Crippen LogP contribution in [0.5, 0.6) is 0 Å². The molecule has 0 aliphatic carbocycles. The zero-order chi connectivity index (χ0) is 13.5. The number of nitrogens with zero attached hydrogens (tertiary/aromatic N) is 1. The van der Waals surface area contributed by atoms with Crippen LogP contribution in [-0.2, 0) is 4.79 Å². The Balaban J connectivity index is 4.42. The highest BCUT2D eigenvalue weighted by Crippen LogP contribution is 2.17. The number of nitrogens with two attached hydrogens (primary N) is 1. The van der Waals surface area contributed by atoms with Crippen molar-refractivity contribution in [2.45, 2.75) is 51.7 Å². The third kappa shape index (κ3) is 7.20. The van der Waals surface area contributed by atoms with Gasteiger partial charge in [-0.2, -0.15) is 13.2 Å². The van der Waals surface area contributed by atoms with Gasteiger partial charge in [-0.3, -0.25) is 4.79 Å². The second-order valence-electron chi connectivity index (χ2n) is 4.12. The molecule has 6 heteroatoms. The minimum Gasteiger partial charge on any atom is -0.332 e. The second kappa shape index (κ2) is 7.53. The normalized spacial score (nSPS) is 13.5. The molecular formula is C11H21F3N2O. The van der Waals surface area contributed by atoms with Crippen molar-refractivity contribution in [3.8, 4) is 0 Å². The molecule has 0 saturated heterocycles. The van der Waals surface area contributed by atoms with Crippen molar-refractivity contribution in [2.75, 3.05) is 13.1 Å². The van der Waals surface area contributed by atoms with Crippen molar-refractivity contribution in [1.29, 1.82) is 0 Å². The summed E-state index contributed by atoms with van der Waals surface area (Å²) < 4.78 is 36.8. The monoisotopic (exact) mass is 254 g/mol. The van der Waals surface area contributed by atoms with Crippen LogP contribution >= 0.6 is 0 Å². The molecule has 1 atom stereocenters. The smallest absolute Gasteiger partial charge is 0.332 e. The van der Waals surface area contributed by atoms with E-state index in [-0.39, 0.29) is 6.54 Å². The molecule has 0 aromatic carbocycles. The van der Waals surface area contributed by atoms with Gasteiger partial charge in [0.1, 0.15) is 6.54 Å². The summed E-state index contributed by atoms with van der Waals surface area (Å²) in [7, 11) is 0. The van der Waals surface area contributed by atoms with Gasteiger partial charge in [-0.25, -0.2) is 0 Å². The fourth-order valence-electron chi connectivity index (χ4n) is 1.54. The number of halogens is 3. The summed E-state index contributed by atoms with van der Waals surface area (Å²) in [5, 5.41) is 0. The summed E-state index contributed by atoms with van der Waals surface area (Å²) >= 11 is 0. The molecule has 0 aromatic heterocycles. The van der Waals surface area contributed by atoms with Crippen molar-refractivity contribution >= 4 is 5.91 Å². The van der Waals surface area contributed by atoms with Gasteiger partial charge in [0.2, 0.25) is 5.91 Å². The summed E-state index contributed by atoms with van der Waals surface area (Å²) in [5.74, 6) is -0.599. The molecule has 1 unspecified atom stereocenters. The summed E-state index contributed by atoms with van der Waals surface area (Å²) in [6.07, 6.45) is -1.82. The van der Waals surface area contributed by atoms with Crippen LogP contribution < -0.4 is 5.73 Å². The third-order valence-corrected chi connectivity index (χ3v) is 2.36. The van der Waals surface area contributed by atoms with Crippen molar-refractivity contribution in [3.63, 3.8) is 0 Å². The van der Waals surface area contributed by atoms with Gasteiger partial charge in [-0.15, -0.1) is 0 Å². The number of amides is 1. The van der Waals surface area contributed by atoms with E-state index in [2.05, 4.69) is 0 Å². The minimum atomic E-state index is -4.37. The molecule has 0 aliphatic rings. The fourth-order valence-corrected chi connectivity index (χ4v) is 1.54. The number of unbranched alkanes of at least 4 members (excludes halogenated alkanes) is 1. The van der Waals surface area contributed by atoms with Crippen LogP contribution in [0.15, 0.2) is 0 Å². The molecule has 0 aliphatic heterocycles. The standard InChI is InChI=1S/C11H21F3N2O/c1-3-5-6-9(15)10(17)16(7-4-2)8-11(12,13)14/h9H,3-8,15H2,1-2H3. The van der Waals surface area contributed by atoms with Gasteiger partial charge in [0.05, 0.1) is 6.04 Å². The van der Waals surface area contributed by atoms with Crippen LogP contribution in [0.1, 0.15) is 39.5 Å². The first-order chi connectivity index (χ1) is 7.81. The lowest BCUT2D eigenvalue weighted by Crippen LogP contribution is -2.47. The van der Waals surface area contributed by atoms with Gasteiger partial charge in [0.25, 0.3) is 0 Å². The number of rotatable bonds is 7. The molecule has 2 N–H and O–H groups in total. The predicted octanol–water partition coefficient (Wildman–Crippen LogP) is 2.30. The molecule has 102 valence electrons. The molecule has 1 amide bonds. The number of hydrogen-bond donors (Lipinski definition) is 1. The Morgan fingerprint density at radius 2 is 1.88 bits per heavy atom.